The van der Waals surface area contributed by atoms with Crippen molar-refractivity contribution in [3.05, 3.63) is 23.8 Å². The van der Waals surface area contributed by atoms with Crippen molar-refractivity contribution in [3.8, 4) is 6.07 Å². The summed E-state index contributed by atoms with van der Waals surface area (Å²) >= 11 is 1.30. The van der Waals surface area contributed by atoms with Gasteiger partial charge in [0.25, 0.3) is 0 Å². The molecule has 5 nitrogen and oxygen atoms in total. The van der Waals surface area contributed by atoms with Crippen LogP contribution in [0.3, 0.4) is 0 Å². The maximum absolute atomic E-state index is 8.62. The Bertz CT molecular complexity index is 831. The zero-order chi connectivity index (χ0) is 14.1. The number of nitriles is 1. The van der Waals surface area contributed by atoms with E-state index in [1.54, 1.807) is 0 Å². The Morgan fingerprint density at radius 2 is 2.20 bits per heavy atom. The molecule has 0 saturated carbocycles. The van der Waals surface area contributed by atoms with E-state index < -0.39 is 0 Å². The fourth-order valence-electron chi connectivity index (χ4n) is 2.27. The van der Waals surface area contributed by atoms with Crippen LogP contribution in [0.15, 0.2) is 23.4 Å². The number of hydrogen-bond acceptors (Lipinski definition) is 5. The third-order valence-electron chi connectivity index (χ3n) is 3.32. The molecule has 1 aromatic carbocycles. The molecule has 0 saturated heterocycles. The predicted molar refractivity (Wildman–Crippen MR) is 79.5 cm³/mol. The zero-order valence-electron chi connectivity index (χ0n) is 11.3. The van der Waals surface area contributed by atoms with Gasteiger partial charge in [0.1, 0.15) is 5.52 Å². The Hall–Kier alpha value is -2.13. The van der Waals surface area contributed by atoms with Crippen molar-refractivity contribution in [2.45, 2.75) is 18.5 Å². The van der Waals surface area contributed by atoms with E-state index in [4.69, 9.17) is 5.26 Å². The summed E-state index contributed by atoms with van der Waals surface area (Å²) < 4.78 is 2.02. The number of rotatable bonds is 3. The predicted octanol–water partition coefficient (Wildman–Crippen LogP) is 2.69. The molecular formula is C14H13N5S. The summed E-state index contributed by atoms with van der Waals surface area (Å²) in [5.41, 5.74) is 4.00. The molecule has 20 heavy (non-hydrogen) atoms. The van der Waals surface area contributed by atoms with Crippen molar-refractivity contribution in [3.63, 3.8) is 0 Å². The van der Waals surface area contributed by atoms with E-state index in [1.165, 1.54) is 17.3 Å². The summed E-state index contributed by atoms with van der Waals surface area (Å²) in [5, 5.41) is 18.6. The maximum atomic E-state index is 8.62. The molecule has 3 rings (SSSR count). The summed E-state index contributed by atoms with van der Waals surface area (Å²) in [6, 6.07) is 8.44. The molecule has 0 aliphatic carbocycles. The second-order valence-electron chi connectivity index (χ2n) is 4.48. The lowest BCUT2D eigenvalue weighted by molar-refractivity contribution is 0.856. The number of hydrogen-bond donors (Lipinski definition) is 0. The Morgan fingerprint density at radius 3 is 2.95 bits per heavy atom. The van der Waals surface area contributed by atoms with Gasteiger partial charge in [-0.1, -0.05) is 24.8 Å². The second kappa shape index (κ2) is 5.10. The lowest BCUT2D eigenvalue weighted by atomic mass is 10.1. The van der Waals surface area contributed by atoms with Crippen LogP contribution in [0.1, 0.15) is 12.5 Å². The molecule has 2 heterocycles. The molecule has 6 heteroatoms. The van der Waals surface area contributed by atoms with Gasteiger partial charge in [-0.3, -0.25) is 0 Å². The van der Waals surface area contributed by atoms with Crippen LogP contribution in [0.4, 0.5) is 0 Å². The summed E-state index contributed by atoms with van der Waals surface area (Å²) in [4.78, 5) is 4.51. The van der Waals surface area contributed by atoms with Crippen LogP contribution in [0.5, 0.6) is 0 Å². The van der Waals surface area contributed by atoms with Gasteiger partial charge < -0.3 is 4.57 Å². The van der Waals surface area contributed by atoms with Gasteiger partial charge in [0, 0.05) is 12.4 Å². The number of thioether (sulfide) groups is 1. The number of aromatic nitrogens is 4. The van der Waals surface area contributed by atoms with Crippen molar-refractivity contribution >= 4 is 33.8 Å². The van der Waals surface area contributed by atoms with Gasteiger partial charge in [0.2, 0.25) is 5.16 Å². The lowest BCUT2D eigenvalue weighted by Gasteiger charge is -1.98. The van der Waals surface area contributed by atoms with Crippen LogP contribution < -0.4 is 0 Å². The Balaban J connectivity index is 2.23. The molecule has 0 amide bonds. The van der Waals surface area contributed by atoms with Crippen LogP contribution >= 0.6 is 11.8 Å². The first kappa shape index (κ1) is 12.9. The highest BCUT2D eigenvalue weighted by molar-refractivity contribution is 7.99. The fourth-order valence-corrected chi connectivity index (χ4v) is 2.71. The van der Waals surface area contributed by atoms with Gasteiger partial charge in [0.15, 0.2) is 5.65 Å². The SMILES string of the molecule is CCc1ccc2c(c1)c1nnc(SCC#N)nc1n2C. The molecule has 0 bridgehead atoms. The smallest absolute Gasteiger partial charge is 0.212 e. The van der Waals surface area contributed by atoms with E-state index in [1.807, 2.05) is 11.6 Å². The monoisotopic (exact) mass is 283 g/mol. The zero-order valence-corrected chi connectivity index (χ0v) is 12.1. The number of aryl methyl sites for hydroxylation is 2. The summed E-state index contributed by atoms with van der Waals surface area (Å²) in [6.07, 6.45) is 0.989. The van der Waals surface area contributed by atoms with Crippen molar-refractivity contribution in [2.75, 3.05) is 5.75 Å². The molecule has 0 unspecified atom stereocenters. The second-order valence-corrected chi connectivity index (χ2v) is 5.42. The van der Waals surface area contributed by atoms with E-state index in [2.05, 4.69) is 46.4 Å². The number of benzene rings is 1. The quantitative estimate of drug-likeness (QED) is 0.691. The van der Waals surface area contributed by atoms with Gasteiger partial charge in [-0.05, 0) is 24.1 Å². The fraction of sp³-hybridized carbons (Fsp3) is 0.286. The standard InChI is InChI=1S/C14H13N5S/c1-3-9-4-5-11-10(8-9)12-13(19(11)2)16-14(18-17-12)20-7-6-15/h4-5,8H,3,7H2,1-2H3. The van der Waals surface area contributed by atoms with E-state index in [-0.39, 0.29) is 0 Å². The molecular weight excluding hydrogens is 270 g/mol. The van der Waals surface area contributed by atoms with Crippen molar-refractivity contribution in [1.82, 2.24) is 19.7 Å². The first-order valence-electron chi connectivity index (χ1n) is 6.36. The minimum atomic E-state index is 0.330. The van der Waals surface area contributed by atoms with Crippen LogP contribution in [0.25, 0.3) is 22.1 Å². The highest BCUT2D eigenvalue weighted by Crippen LogP contribution is 2.27. The van der Waals surface area contributed by atoms with E-state index in [0.717, 1.165) is 28.5 Å². The van der Waals surface area contributed by atoms with Gasteiger partial charge in [-0.25, -0.2) is 4.98 Å². The average molecular weight is 283 g/mol. The van der Waals surface area contributed by atoms with Crippen molar-refractivity contribution < 1.29 is 0 Å². The number of nitrogens with zero attached hydrogens (tertiary/aromatic N) is 5. The molecule has 2 aromatic heterocycles. The topological polar surface area (TPSA) is 67.4 Å². The molecule has 0 radical (unpaired) electrons. The summed E-state index contributed by atoms with van der Waals surface area (Å²) in [5.74, 6) is 0.330. The third kappa shape index (κ3) is 2.00. The molecule has 0 atom stereocenters. The Labute approximate surface area is 120 Å². The Kier molecular flexibility index (Phi) is 3.28. The van der Waals surface area contributed by atoms with Gasteiger partial charge >= 0.3 is 0 Å². The average Bonchev–Trinajstić information content (AvgIpc) is 2.77. The summed E-state index contributed by atoms with van der Waals surface area (Å²) in [7, 11) is 1.98. The van der Waals surface area contributed by atoms with E-state index >= 15 is 0 Å². The third-order valence-corrected chi connectivity index (χ3v) is 4.02. The van der Waals surface area contributed by atoms with Crippen molar-refractivity contribution in [1.29, 1.82) is 5.26 Å². The van der Waals surface area contributed by atoms with Gasteiger partial charge in [0.05, 0.1) is 17.3 Å². The van der Waals surface area contributed by atoms with E-state index in [0.29, 0.717) is 10.9 Å². The minimum Gasteiger partial charge on any atom is -0.327 e. The molecule has 0 N–H and O–H groups in total. The highest BCUT2D eigenvalue weighted by Gasteiger charge is 2.13. The van der Waals surface area contributed by atoms with Crippen LogP contribution in [-0.2, 0) is 13.5 Å². The number of fused-ring (bicyclic) bond motifs is 3. The molecule has 100 valence electrons. The molecule has 3 aromatic rings. The van der Waals surface area contributed by atoms with Crippen LogP contribution in [0, 0.1) is 11.3 Å². The minimum absolute atomic E-state index is 0.330. The lowest BCUT2D eigenvalue weighted by Crippen LogP contribution is -1.95. The first-order valence-corrected chi connectivity index (χ1v) is 7.34. The van der Waals surface area contributed by atoms with Crippen LogP contribution in [0.2, 0.25) is 0 Å². The summed E-state index contributed by atoms with van der Waals surface area (Å²) in [6.45, 7) is 2.13. The first-order chi connectivity index (χ1) is 9.74. The largest absolute Gasteiger partial charge is 0.327 e. The van der Waals surface area contributed by atoms with Gasteiger partial charge in [-0.2, -0.15) is 5.26 Å². The Morgan fingerprint density at radius 1 is 1.35 bits per heavy atom. The van der Waals surface area contributed by atoms with E-state index in [9.17, 15) is 0 Å². The molecule has 0 aliphatic rings. The molecule has 0 aliphatic heterocycles. The maximum Gasteiger partial charge on any atom is 0.212 e. The highest BCUT2D eigenvalue weighted by atomic mass is 32.2. The van der Waals surface area contributed by atoms with Crippen LogP contribution in [-0.4, -0.2) is 25.5 Å². The normalized spacial score (nSPS) is 11.1. The van der Waals surface area contributed by atoms with Crippen molar-refractivity contribution in [2.24, 2.45) is 7.05 Å². The molecule has 0 spiro atoms. The molecule has 0 fully saturated rings. The van der Waals surface area contributed by atoms with Gasteiger partial charge in [-0.15, -0.1) is 10.2 Å².